The van der Waals surface area contributed by atoms with Crippen LogP contribution in [0.1, 0.15) is 0 Å². The van der Waals surface area contributed by atoms with Crippen LogP contribution >= 0.6 is 0 Å². The van der Waals surface area contributed by atoms with Gasteiger partial charge in [-0.15, -0.1) is 0 Å². The first kappa shape index (κ1) is 9.06. The zero-order valence-electron chi connectivity index (χ0n) is 7.39. The summed E-state index contributed by atoms with van der Waals surface area (Å²) in [6.07, 6.45) is 0. The second-order valence-electron chi connectivity index (χ2n) is 2.67. The minimum Gasteiger partial charge on any atom is -0.368 e. The van der Waals surface area contributed by atoms with Crippen LogP contribution in [0.25, 0.3) is 11.5 Å². The van der Waals surface area contributed by atoms with Crippen molar-refractivity contribution < 1.29 is 0 Å². The fraction of sp³-hybridized carbons (Fsp3) is 0. The molecule has 0 bridgehead atoms. The molecule has 0 saturated carbocycles. The van der Waals surface area contributed by atoms with Crippen LogP contribution in [0, 0.1) is 0 Å². The summed E-state index contributed by atoms with van der Waals surface area (Å²) in [5.41, 5.74) is 4.63. The minimum atomic E-state index is -0.620. The summed E-state index contributed by atoms with van der Waals surface area (Å²) in [5, 5.41) is 5.89. The zero-order valence-corrected chi connectivity index (χ0v) is 7.39. The Morgan fingerprint density at radius 1 is 1.20 bits per heavy atom. The number of rotatable bonds is 1. The van der Waals surface area contributed by atoms with Gasteiger partial charge in [-0.3, -0.25) is 9.78 Å². The predicted molar refractivity (Wildman–Crippen MR) is 50.9 cm³/mol. The van der Waals surface area contributed by atoms with Gasteiger partial charge in [0.2, 0.25) is 5.95 Å². The average Bonchev–Trinajstić information content (AvgIpc) is 2.17. The summed E-state index contributed by atoms with van der Waals surface area (Å²) >= 11 is 0. The van der Waals surface area contributed by atoms with Crippen molar-refractivity contribution in [2.24, 2.45) is 0 Å². The Labute approximate surface area is 82.2 Å². The molecule has 4 N–H and O–H groups in total. The van der Waals surface area contributed by atoms with E-state index in [9.17, 15) is 9.59 Å². The van der Waals surface area contributed by atoms with Gasteiger partial charge in [0.25, 0.3) is 5.56 Å². The molecule has 0 unspecified atom stereocenters. The van der Waals surface area contributed by atoms with Crippen LogP contribution in [-0.2, 0) is 0 Å². The number of aromatic nitrogens is 5. The zero-order chi connectivity index (χ0) is 10.8. The molecule has 8 nitrogen and oxygen atoms in total. The predicted octanol–water partition coefficient (Wildman–Crippen LogP) is -1.50. The van der Waals surface area contributed by atoms with Crippen LogP contribution < -0.4 is 17.0 Å². The van der Waals surface area contributed by atoms with Crippen molar-refractivity contribution >= 4 is 5.95 Å². The summed E-state index contributed by atoms with van der Waals surface area (Å²) in [7, 11) is 0. The van der Waals surface area contributed by atoms with Crippen molar-refractivity contribution in [3.05, 3.63) is 33.0 Å². The van der Waals surface area contributed by atoms with Crippen LogP contribution in [0.5, 0.6) is 0 Å². The third-order valence-electron chi connectivity index (χ3n) is 1.59. The number of anilines is 1. The van der Waals surface area contributed by atoms with Gasteiger partial charge >= 0.3 is 5.69 Å². The van der Waals surface area contributed by atoms with Crippen molar-refractivity contribution in [2.75, 3.05) is 5.73 Å². The van der Waals surface area contributed by atoms with Gasteiger partial charge in [-0.1, -0.05) is 0 Å². The molecule has 2 aromatic rings. The quantitative estimate of drug-likeness (QED) is 0.520. The molecule has 0 aliphatic carbocycles. The number of aromatic amines is 2. The molecule has 0 atom stereocenters. The lowest BCUT2D eigenvalue weighted by Gasteiger charge is -1.98. The summed E-state index contributed by atoms with van der Waals surface area (Å²) in [6.45, 7) is 0. The third kappa shape index (κ3) is 1.88. The van der Waals surface area contributed by atoms with Gasteiger partial charge < -0.3 is 5.73 Å². The lowest BCUT2D eigenvalue weighted by atomic mass is 10.4. The van der Waals surface area contributed by atoms with E-state index in [2.05, 4.69) is 25.1 Å². The lowest BCUT2D eigenvalue weighted by molar-refractivity contribution is 0.950. The highest BCUT2D eigenvalue weighted by molar-refractivity contribution is 5.48. The first-order valence-corrected chi connectivity index (χ1v) is 3.95. The maximum absolute atomic E-state index is 11.0. The van der Waals surface area contributed by atoms with Crippen LogP contribution in [0.4, 0.5) is 5.95 Å². The number of nitrogens with two attached hydrogens (primary N) is 1. The second-order valence-corrected chi connectivity index (χ2v) is 2.67. The normalized spacial score (nSPS) is 10.1. The number of H-pyrrole nitrogens is 2. The van der Waals surface area contributed by atoms with Crippen LogP contribution in [0.2, 0.25) is 0 Å². The first-order chi connectivity index (χ1) is 7.15. The van der Waals surface area contributed by atoms with E-state index in [4.69, 9.17) is 5.73 Å². The summed E-state index contributed by atoms with van der Waals surface area (Å²) in [5.74, 6) is 0.00509. The Bertz CT molecular complexity index is 580. The van der Waals surface area contributed by atoms with E-state index in [1.807, 2.05) is 0 Å². The van der Waals surface area contributed by atoms with Crippen LogP contribution in [0.3, 0.4) is 0 Å². The number of hydrogen-bond donors (Lipinski definition) is 3. The molecule has 0 aliphatic rings. The fourth-order valence-corrected chi connectivity index (χ4v) is 0.998. The van der Waals surface area contributed by atoms with Crippen molar-refractivity contribution in [1.29, 1.82) is 0 Å². The molecule has 76 valence electrons. The highest BCUT2D eigenvalue weighted by Gasteiger charge is 2.04. The van der Waals surface area contributed by atoms with Crippen LogP contribution in [-0.4, -0.2) is 25.1 Å². The number of nitrogens with one attached hydrogen (secondary N) is 2. The van der Waals surface area contributed by atoms with Gasteiger partial charge in [0.1, 0.15) is 5.69 Å². The lowest BCUT2D eigenvalue weighted by Crippen LogP contribution is -2.16. The minimum absolute atomic E-state index is 0.151. The molecule has 0 radical (unpaired) electrons. The van der Waals surface area contributed by atoms with E-state index in [0.29, 0.717) is 5.69 Å². The molecule has 2 aromatic heterocycles. The molecule has 0 aliphatic heterocycles. The molecule has 2 rings (SSSR count). The van der Waals surface area contributed by atoms with E-state index in [1.54, 1.807) is 0 Å². The summed E-state index contributed by atoms with van der Waals surface area (Å²) < 4.78 is 0. The standard InChI is InChI=1S/C7H6N6O2/c8-6-9-5(10-7(15)11-6)3-1-2-4(14)13-12-3/h1-2H,(H,13,14)(H3,8,9,10,11,15). The average molecular weight is 206 g/mol. The van der Waals surface area contributed by atoms with Crippen molar-refractivity contribution in [2.45, 2.75) is 0 Å². The summed E-state index contributed by atoms with van der Waals surface area (Å²) in [6, 6.07) is 2.68. The maximum atomic E-state index is 11.0. The smallest absolute Gasteiger partial charge is 0.349 e. The van der Waals surface area contributed by atoms with E-state index in [1.165, 1.54) is 12.1 Å². The van der Waals surface area contributed by atoms with E-state index in [0.717, 1.165) is 0 Å². The van der Waals surface area contributed by atoms with E-state index < -0.39 is 5.69 Å². The first-order valence-electron chi connectivity index (χ1n) is 3.95. The highest BCUT2D eigenvalue weighted by Crippen LogP contribution is 2.06. The number of nitrogen functional groups attached to an aromatic ring is 1. The molecule has 2 heterocycles. The highest BCUT2D eigenvalue weighted by atomic mass is 16.1. The number of nitrogens with zero attached hydrogens (tertiary/aromatic N) is 3. The van der Waals surface area contributed by atoms with Gasteiger partial charge in [-0.05, 0) is 6.07 Å². The van der Waals surface area contributed by atoms with Gasteiger partial charge in [-0.25, -0.2) is 9.89 Å². The molecule has 0 aromatic carbocycles. The van der Waals surface area contributed by atoms with Crippen molar-refractivity contribution in [1.82, 2.24) is 25.1 Å². The van der Waals surface area contributed by atoms with Crippen molar-refractivity contribution in [3.8, 4) is 11.5 Å². The van der Waals surface area contributed by atoms with Crippen molar-refractivity contribution in [3.63, 3.8) is 0 Å². The Kier molecular flexibility index (Phi) is 2.01. The van der Waals surface area contributed by atoms with Crippen LogP contribution in [0.15, 0.2) is 21.7 Å². The van der Waals surface area contributed by atoms with Gasteiger partial charge in [-0.2, -0.15) is 15.1 Å². The Balaban J connectivity index is 2.58. The topological polar surface area (TPSA) is 130 Å². The van der Waals surface area contributed by atoms with Gasteiger partial charge in [0.15, 0.2) is 5.82 Å². The fourth-order valence-electron chi connectivity index (χ4n) is 0.998. The monoisotopic (exact) mass is 206 g/mol. The maximum Gasteiger partial charge on any atom is 0.349 e. The molecule has 8 heteroatoms. The Morgan fingerprint density at radius 2 is 2.00 bits per heavy atom. The van der Waals surface area contributed by atoms with Gasteiger partial charge in [0.05, 0.1) is 0 Å². The largest absolute Gasteiger partial charge is 0.368 e. The molecule has 0 amide bonds. The Morgan fingerprint density at radius 3 is 2.60 bits per heavy atom. The Hall–Kier alpha value is -2.51. The van der Waals surface area contributed by atoms with E-state index in [-0.39, 0.29) is 17.3 Å². The number of hydrogen-bond acceptors (Lipinski definition) is 6. The third-order valence-corrected chi connectivity index (χ3v) is 1.59. The van der Waals surface area contributed by atoms with Gasteiger partial charge in [0, 0.05) is 6.07 Å². The summed E-state index contributed by atoms with van der Waals surface area (Å²) in [4.78, 5) is 31.1. The second kappa shape index (κ2) is 3.33. The molecule has 15 heavy (non-hydrogen) atoms. The molecular formula is C7H6N6O2. The van der Waals surface area contributed by atoms with E-state index >= 15 is 0 Å². The molecular weight excluding hydrogens is 200 g/mol. The molecule has 0 fully saturated rings. The molecule has 0 spiro atoms. The SMILES string of the molecule is Nc1nc(-c2ccc(=O)[nH]n2)[nH]c(=O)n1. The molecule has 0 saturated heterocycles.